The molecule has 3 heterocycles. The number of amides is 1. The number of nitrogens with one attached hydrogen (secondary N) is 1. The maximum Gasteiger partial charge on any atom is 0.335 e. The van der Waals surface area contributed by atoms with Gasteiger partial charge in [0.05, 0.1) is 17.0 Å². The molecule has 2 aromatic rings. The molecule has 2 aromatic heterocycles. The lowest BCUT2D eigenvalue weighted by Crippen LogP contribution is -2.35. The first-order valence-electron chi connectivity index (χ1n) is 7.58. The summed E-state index contributed by atoms with van der Waals surface area (Å²) in [6, 6.07) is 4.70. The zero-order chi connectivity index (χ0) is 17.1. The summed E-state index contributed by atoms with van der Waals surface area (Å²) in [5, 5.41) is 12.0. The Kier molecular flexibility index (Phi) is 4.37. The lowest BCUT2D eigenvalue weighted by molar-refractivity contribution is -0.119. The number of anilines is 1. The average Bonchev–Trinajstić information content (AvgIpc) is 3.03. The fourth-order valence-electron chi connectivity index (χ4n) is 2.69. The number of carboxylic acid groups (broad SMARTS) is 1. The molecule has 0 bridgehead atoms. The Morgan fingerprint density at radius 2 is 2.04 bits per heavy atom. The zero-order valence-electron chi connectivity index (χ0n) is 13.1. The minimum absolute atomic E-state index is 0.0498. The number of pyridine rings is 1. The molecule has 8 nitrogen and oxygen atoms in total. The molecule has 1 fully saturated rings. The molecule has 2 N–H and O–H groups in total. The highest BCUT2D eigenvalue weighted by Gasteiger charge is 2.25. The van der Waals surface area contributed by atoms with Crippen LogP contribution < -0.4 is 10.2 Å². The van der Waals surface area contributed by atoms with Crippen molar-refractivity contribution in [2.75, 3.05) is 18.0 Å². The summed E-state index contributed by atoms with van der Waals surface area (Å²) in [7, 11) is 0. The molecule has 1 atom stereocenters. The number of rotatable bonds is 4. The third-order valence-corrected chi connectivity index (χ3v) is 3.79. The molecule has 1 amide bonds. The lowest BCUT2D eigenvalue weighted by Gasteiger charge is -2.17. The van der Waals surface area contributed by atoms with E-state index in [-0.39, 0.29) is 17.5 Å². The van der Waals surface area contributed by atoms with Gasteiger partial charge in [-0.05, 0) is 24.6 Å². The van der Waals surface area contributed by atoms with E-state index in [1.165, 1.54) is 25.3 Å². The fraction of sp³-hybridized carbons (Fsp3) is 0.312. The van der Waals surface area contributed by atoms with Crippen molar-refractivity contribution in [1.29, 1.82) is 0 Å². The van der Waals surface area contributed by atoms with Crippen LogP contribution in [0, 0.1) is 0 Å². The Morgan fingerprint density at radius 1 is 1.25 bits per heavy atom. The van der Waals surface area contributed by atoms with E-state index in [2.05, 4.69) is 20.3 Å². The van der Waals surface area contributed by atoms with Gasteiger partial charge >= 0.3 is 5.97 Å². The van der Waals surface area contributed by atoms with Crippen LogP contribution in [0.1, 0.15) is 23.7 Å². The summed E-state index contributed by atoms with van der Waals surface area (Å²) in [5.74, 6) is -0.514. The molecule has 1 saturated heterocycles. The Hall–Kier alpha value is -3.03. The molecule has 24 heavy (non-hydrogen) atoms. The van der Waals surface area contributed by atoms with Gasteiger partial charge in [-0.1, -0.05) is 0 Å². The van der Waals surface area contributed by atoms with Gasteiger partial charge in [-0.15, -0.1) is 0 Å². The van der Waals surface area contributed by atoms with Crippen molar-refractivity contribution >= 4 is 17.8 Å². The van der Waals surface area contributed by atoms with Crippen LogP contribution in [0.15, 0.2) is 30.6 Å². The number of carboxylic acids is 1. The first-order chi connectivity index (χ1) is 11.5. The van der Waals surface area contributed by atoms with E-state index in [9.17, 15) is 9.59 Å². The van der Waals surface area contributed by atoms with Crippen LogP contribution in [0.5, 0.6) is 0 Å². The van der Waals surface area contributed by atoms with E-state index >= 15 is 0 Å². The Bertz CT molecular complexity index is 780. The van der Waals surface area contributed by atoms with Crippen molar-refractivity contribution in [2.45, 2.75) is 19.4 Å². The monoisotopic (exact) mass is 327 g/mol. The molecule has 0 aliphatic carbocycles. The standard InChI is InChI=1S/C16H17N5O3/c1-10(22)19-12-4-7-21(9-12)16-18-6-3-13(20-16)14-8-11(15(23)24)2-5-17-14/h2-3,5-6,8,12H,4,7,9H2,1H3,(H,19,22)(H,23,24). The number of hydrogen-bond acceptors (Lipinski definition) is 6. The summed E-state index contributed by atoms with van der Waals surface area (Å²) in [6.45, 7) is 2.89. The maximum absolute atomic E-state index is 11.2. The number of carbonyl (C=O) groups is 2. The van der Waals surface area contributed by atoms with Crippen molar-refractivity contribution in [3.63, 3.8) is 0 Å². The minimum atomic E-state index is -1.01. The van der Waals surface area contributed by atoms with Crippen molar-refractivity contribution in [3.8, 4) is 11.4 Å². The molecule has 124 valence electrons. The van der Waals surface area contributed by atoms with E-state index in [0.717, 1.165) is 13.0 Å². The smallest absolute Gasteiger partial charge is 0.335 e. The van der Waals surface area contributed by atoms with Gasteiger partial charge in [-0.3, -0.25) is 9.78 Å². The lowest BCUT2D eigenvalue weighted by atomic mass is 10.2. The summed E-state index contributed by atoms with van der Waals surface area (Å²) >= 11 is 0. The van der Waals surface area contributed by atoms with Crippen molar-refractivity contribution in [1.82, 2.24) is 20.3 Å². The molecule has 1 unspecified atom stereocenters. The Balaban J connectivity index is 1.81. The van der Waals surface area contributed by atoms with Crippen molar-refractivity contribution in [2.24, 2.45) is 0 Å². The van der Waals surface area contributed by atoms with Gasteiger partial charge < -0.3 is 15.3 Å². The van der Waals surface area contributed by atoms with E-state index in [1.54, 1.807) is 12.3 Å². The van der Waals surface area contributed by atoms with Crippen LogP contribution in [0.3, 0.4) is 0 Å². The summed E-state index contributed by atoms with van der Waals surface area (Å²) in [4.78, 5) is 37.2. The van der Waals surface area contributed by atoms with Gasteiger partial charge in [0.15, 0.2) is 0 Å². The van der Waals surface area contributed by atoms with E-state index < -0.39 is 5.97 Å². The summed E-state index contributed by atoms with van der Waals surface area (Å²) in [5.41, 5.74) is 1.20. The minimum Gasteiger partial charge on any atom is -0.478 e. The quantitative estimate of drug-likeness (QED) is 0.860. The number of carbonyl (C=O) groups excluding carboxylic acids is 1. The second-order valence-corrected chi connectivity index (χ2v) is 5.61. The molecule has 0 radical (unpaired) electrons. The van der Waals surface area contributed by atoms with Gasteiger partial charge in [-0.25, -0.2) is 14.8 Å². The normalized spacial score (nSPS) is 16.9. The topological polar surface area (TPSA) is 108 Å². The maximum atomic E-state index is 11.2. The highest BCUT2D eigenvalue weighted by atomic mass is 16.4. The van der Waals surface area contributed by atoms with Crippen LogP contribution in [-0.2, 0) is 4.79 Å². The number of hydrogen-bond donors (Lipinski definition) is 2. The molecule has 3 rings (SSSR count). The molecule has 0 saturated carbocycles. The summed E-state index contributed by atoms with van der Waals surface area (Å²) in [6.07, 6.45) is 3.90. The first kappa shape index (κ1) is 15.9. The average molecular weight is 327 g/mol. The third-order valence-electron chi connectivity index (χ3n) is 3.79. The Morgan fingerprint density at radius 3 is 2.79 bits per heavy atom. The van der Waals surface area contributed by atoms with Crippen LogP contribution in [-0.4, -0.2) is 51.1 Å². The van der Waals surface area contributed by atoms with Gasteiger partial charge in [0.2, 0.25) is 11.9 Å². The van der Waals surface area contributed by atoms with Crippen LogP contribution in [0.4, 0.5) is 5.95 Å². The van der Waals surface area contributed by atoms with Crippen LogP contribution in [0.25, 0.3) is 11.4 Å². The van der Waals surface area contributed by atoms with Crippen molar-refractivity contribution < 1.29 is 14.7 Å². The molecule has 0 aromatic carbocycles. The van der Waals surface area contributed by atoms with E-state index in [1.807, 2.05) is 4.90 Å². The Labute approximate surface area is 138 Å². The van der Waals surface area contributed by atoms with E-state index in [0.29, 0.717) is 23.9 Å². The predicted molar refractivity (Wildman–Crippen MR) is 86.7 cm³/mol. The largest absolute Gasteiger partial charge is 0.478 e. The highest BCUT2D eigenvalue weighted by molar-refractivity contribution is 5.88. The van der Waals surface area contributed by atoms with Gasteiger partial charge in [0.1, 0.15) is 0 Å². The number of aromatic carboxylic acids is 1. The number of aromatic nitrogens is 3. The fourth-order valence-corrected chi connectivity index (χ4v) is 2.69. The molecular formula is C16H17N5O3. The third kappa shape index (κ3) is 3.48. The summed E-state index contributed by atoms with van der Waals surface area (Å²) < 4.78 is 0. The first-order valence-corrected chi connectivity index (χ1v) is 7.58. The molecule has 1 aliphatic rings. The van der Waals surface area contributed by atoms with E-state index in [4.69, 9.17) is 5.11 Å². The van der Waals surface area contributed by atoms with Crippen molar-refractivity contribution in [3.05, 3.63) is 36.2 Å². The van der Waals surface area contributed by atoms with Crippen LogP contribution in [0.2, 0.25) is 0 Å². The number of nitrogens with zero attached hydrogens (tertiary/aromatic N) is 4. The SMILES string of the molecule is CC(=O)NC1CCN(c2nccc(-c3cc(C(=O)O)ccn3)n2)C1. The van der Waals surface area contributed by atoms with Gasteiger partial charge in [0, 0.05) is 38.4 Å². The highest BCUT2D eigenvalue weighted by Crippen LogP contribution is 2.21. The second kappa shape index (κ2) is 6.61. The molecule has 8 heteroatoms. The molecular weight excluding hydrogens is 310 g/mol. The molecule has 1 aliphatic heterocycles. The van der Waals surface area contributed by atoms with Crippen LogP contribution >= 0.6 is 0 Å². The van der Waals surface area contributed by atoms with Gasteiger partial charge in [0.25, 0.3) is 0 Å². The predicted octanol–water partition coefficient (Wildman–Crippen LogP) is 0.952. The second-order valence-electron chi connectivity index (χ2n) is 5.61. The molecule has 0 spiro atoms. The zero-order valence-corrected chi connectivity index (χ0v) is 13.1. The van der Waals surface area contributed by atoms with Gasteiger partial charge in [-0.2, -0.15) is 0 Å².